The lowest BCUT2D eigenvalue weighted by Crippen LogP contribution is -2.18. The Balaban J connectivity index is 2.27. The van der Waals surface area contributed by atoms with Crippen molar-refractivity contribution in [2.24, 2.45) is 5.73 Å². The van der Waals surface area contributed by atoms with Crippen molar-refractivity contribution in [1.29, 1.82) is 0 Å². The number of carbonyl (C=O) groups excluding carboxylic acids is 1. The fraction of sp³-hybridized carbons (Fsp3) is 0.357. The van der Waals surface area contributed by atoms with Crippen molar-refractivity contribution >= 4 is 11.6 Å². The van der Waals surface area contributed by atoms with Gasteiger partial charge in [-0.2, -0.15) is 0 Å². The standard InChI is InChI=1S/C14H18N2O/c1-9(10(2)14(15)17)12-6-5-11-4-3-7-16-13(11)8-12/h5-6,8-9,16H,2-4,7H2,1H3,(H2,15,17). The van der Waals surface area contributed by atoms with Crippen LogP contribution in [-0.2, 0) is 11.2 Å². The van der Waals surface area contributed by atoms with E-state index in [1.54, 1.807) is 0 Å². The number of aryl methyl sites for hydroxylation is 1. The number of hydrogen-bond acceptors (Lipinski definition) is 2. The minimum atomic E-state index is -0.428. The number of primary amides is 1. The van der Waals surface area contributed by atoms with Crippen LogP contribution in [0.1, 0.15) is 30.4 Å². The molecule has 3 N–H and O–H groups in total. The van der Waals surface area contributed by atoms with Crippen molar-refractivity contribution < 1.29 is 4.79 Å². The lowest BCUT2D eigenvalue weighted by atomic mass is 9.91. The molecule has 0 aliphatic carbocycles. The predicted octanol–water partition coefficient (Wildman–Crippen LogP) is 2.19. The summed E-state index contributed by atoms with van der Waals surface area (Å²) in [6.45, 7) is 6.72. The molecule has 1 atom stereocenters. The van der Waals surface area contributed by atoms with Gasteiger partial charge >= 0.3 is 0 Å². The molecule has 0 aromatic heterocycles. The van der Waals surface area contributed by atoms with Crippen LogP contribution in [0.25, 0.3) is 0 Å². The lowest BCUT2D eigenvalue weighted by Gasteiger charge is -2.21. The van der Waals surface area contributed by atoms with Crippen molar-refractivity contribution in [1.82, 2.24) is 0 Å². The lowest BCUT2D eigenvalue weighted by molar-refractivity contribution is -0.114. The van der Waals surface area contributed by atoms with Crippen molar-refractivity contribution in [2.45, 2.75) is 25.7 Å². The molecule has 0 fully saturated rings. The van der Waals surface area contributed by atoms with Crippen molar-refractivity contribution in [3.8, 4) is 0 Å². The molecule has 1 aromatic rings. The number of benzene rings is 1. The zero-order chi connectivity index (χ0) is 12.4. The van der Waals surface area contributed by atoms with Crippen LogP contribution in [0.15, 0.2) is 30.4 Å². The number of nitrogens with one attached hydrogen (secondary N) is 1. The second kappa shape index (κ2) is 4.62. The normalized spacial score (nSPS) is 15.6. The summed E-state index contributed by atoms with van der Waals surface area (Å²) in [6, 6.07) is 6.29. The van der Waals surface area contributed by atoms with E-state index in [1.165, 1.54) is 17.7 Å². The Morgan fingerprint density at radius 2 is 2.29 bits per heavy atom. The average Bonchev–Trinajstić information content (AvgIpc) is 2.36. The molecule has 1 unspecified atom stereocenters. The summed E-state index contributed by atoms with van der Waals surface area (Å²) in [6.07, 6.45) is 2.30. The van der Waals surface area contributed by atoms with Gasteiger partial charge in [0.25, 0.3) is 0 Å². The largest absolute Gasteiger partial charge is 0.385 e. The second-order valence-corrected chi connectivity index (χ2v) is 4.56. The summed E-state index contributed by atoms with van der Waals surface area (Å²) in [4.78, 5) is 11.1. The van der Waals surface area contributed by atoms with Gasteiger partial charge in [-0.05, 0) is 30.0 Å². The molecule has 0 spiro atoms. The molecule has 0 radical (unpaired) electrons. The monoisotopic (exact) mass is 230 g/mol. The molecule has 3 heteroatoms. The van der Waals surface area contributed by atoms with Crippen LogP contribution < -0.4 is 11.1 Å². The maximum Gasteiger partial charge on any atom is 0.244 e. The zero-order valence-electron chi connectivity index (χ0n) is 10.1. The first-order chi connectivity index (χ1) is 8.09. The molecular formula is C14H18N2O. The Labute approximate surface area is 102 Å². The number of rotatable bonds is 3. The Bertz CT molecular complexity index is 465. The first kappa shape index (κ1) is 11.7. The van der Waals surface area contributed by atoms with E-state index in [1.807, 2.05) is 6.92 Å². The molecule has 3 nitrogen and oxygen atoms in total. The van der Waals surface area contributed by atoms with Gasteiger partial charge in [-0.1, -0.05) is 25.6 Å². The SMILES string of the molecule is C=C(C(N)=O)C(C)c1ccc2c(c1)NCCC2. The highest BCUT2D eigenvalue weighted by Gasteiger charge is 2.16. The smallest absolute Gasteiger partial charge is 0.244 e. The van der Waals surface area contributed by atoms with Gasteiger partial charge in [0, 0.05) is 23.7 Å². The van der Waals surface area contributed by atoms with E-state index in [0.717, 1.165) is 18.5 Å². The first-order valence-electron chi connectivity index (χ1n) is 5.95. The third-order valence-electron chi connectivity index (χ3n) is 3.41. The molecule has 1 amide bonds. The topological polar surface area (TPSA) is 55.1 Å². The van der Waals surface area contributed by atoms with E-state index in [2.05, 4.69) is 30.1 Å². The Morgan fingerprint density at radius 3 is 3.00 bits per heavy atom. The average molecular weight is 230 g/mol. The quantitative estimate of drug-likeness (QED) is 0.782. The summed E-state index contributed by atoms with van der Waals surface area (Å²) in [5, 5.41) is 3.38. The molecule has 90 valence electrons. The van der Waals surface area contributed by atoms with Crippen molar-refractivity contribution in [3.63, 3.8) is 0 Å². The van der Waals surface area contributed by atoms with Gasteiger partial charge in [0.2, 0.25) is 5.91 Å². The highest BCUT2D eigenvalue weighted by molar-refractivity contribution is 5.92. The maximum absolute atomic E-state index is 11.1. The third kappa shape index (κ3) is 2.33. The molecule has 1 aromatic carbocycles. The van der Waals surface area contributed by atoms with Gasteiger partial charge in [0.15, 0.2) is 0 Å². The highest BCUT2D eigenvalue weighted by Crippen LogP contribution is 2.29. The minimum Gasteiger partial charge on any atom is -0.385 e. The van der Waals surface area contributed by atoms with Crippen LogP contribution in [0.5, 0.6) is 0 Å². The fourth-order valence-electron chi connectivity index (χ4n) is 2.16. The minimum absolute atomic E-state index is 0.0264. The molecule has 0 saturated heterocycles. The van der Waals surface area contributed by atoms with E-state index in [4.69, 9.17) is 5.73 Å². The van der Waals surface area contributed by atoms with Crippen LogP contribution >= 0.6 is 0 Å². The van der Waals surface area contributed by atoms with Crippen molar-refractivity contribution in [2.75, 3.05) is 11.9 Å². The van der Waals surface area contributed by atoms with Crippen LogP contribution in [0, 0.1) is 0 Å². The predicted molar refractivity (Wildman–Crippen MR) is 70.0 cm³/mol. The number of carbonyl (C=O) groups is 1. The number of hydrogen-bond donors (Lipinski definition) is 2. The molecule has 0 bridgehead atoms. The van der Waals surface area contributed by atoms with Gasteiger partial charge in [-0.3, -0.25) is 4.79 Å². The molecule has 1 aliphatic heterocycles. The molecule has 0 saturated carbocycles. The number of fused-ring (bicyclic) bond motifs is 1. The molecule has 2 rings (SSSR count). The van der Waals surface area contributed by atoms with Gasteiger partial charge in [0.1, 0.15) is 0 Å². The Morgan fingerprint density at radius 1 is 1.53 bits per heavy atom. The summed E-state index contributed by atoms with van der Waals surface area (Å²) in [5.41, 5.74) is 9.33. The van der Waals surface area contributed by atoms with Crippen molar-refractivity contribution in [3.05, 3.63) is 41.5 Å². The number of anilines is 1. The van der Waals surface area contributed by atoms with E-state index >= 15 is 0 Å². The maximum atomic E-state index is 11.1. The first-order valence-corrected chi connectivity index (χ1v) is 5.95. The van der Waals surface area contributed by atoms with E-state index in [9.17, 15) is 4.79 Å². The van der Waals surface area contributed by atoms with E-state index < -0.39 is 5.91 Å². The van der Waals surface area contributed by atoms with Crippen LogP contribution in [0.3, 0.4) is 0 Å². The van der Waals surface area contributed by atoms with Gasteiger partial charge in [0.05, 0.1) is 0 Å². The van der Waals surface area contributed by atoms with Crippen LogP contribution in [0.4, 0.5) is 5.69 Å². The second-order valence-electron chi connectivity index (χ2n) is 4.56. The molecule has 1 heterocycles. The molecule has 17 heavy (non-hydrogen) atoms. The third-order valence-corrected chi connectivity index (χ3v) is 3.41. The highest BCUT2D eigenvalue weighted by atomic mass is 16.1. The molecule has 1 aliphatic rings. The van der Waals surface area contributed by atoms with Gasteiger partial charge in [-0.15, -0.1) is 0 Å². The fourth-order valence-corrected chi connectivity index (χ4v) is 2.16. The van der Waals surface area contributed by atoms with Crippen LogP contribution in [-0.4, -0.2) is 12.5 Å². The van der Waals surface area contributed by atoms with Gasteiger partial charge < -0.3 is 11.1 Å². The zero-order valence-corrected chi connectivity index (χ0v) is 10.1. The van der Waals surface area contributed by atoms with E-state index in [0.29, 0.717) is 5.57 Å². The van der Waals surface area contributed by atoms with Gasteiger partial charge in [-0.25, -0.2) is 0 Å². The number of amides is 1. The summed E-state index contributed by atoms with van der Waals surface area (Å²) >= 11 is 0. The molecular weight excluding hydrogens is 212 g/mol. The number of nitrogens with two attached hydrogens (primary N) is 1. The Hall–Kier alpha value is -1.77. The summed E-state index contributed by atoms with van der Waals surface area (Å²) in [7, 11) is 0. The summed E-state index contributed by atoms with van der Waals surface area (Å²) in [5.74, 6) is -0.454. The Kier molecular flexibility index (Phi) is 3.18. The summed E-state index contributed by atoms with van der Waals surface area (Å²) < 4.78 is 0. The van der Waals surface area contributed by atoms with Crippen LogP contribution in [0.2, 0.25) is 0 Å². The van der Waals surface area contributed by atoms with E-state index in [-0.39, 0.29) is 5.92 Å².